The third-order valence-corrected chi connectivity index (χ3v) is 4.27. The monoisotopic (exact) mass is 330 g/mol. The number of carbonyl (C=O) groups excluding carboxylic acids is 1. The second-order valence-corrected chi connectivity index (χ2v) is 5.97. The van der Waals surface area contributed by atoms with E-state index < -0.39 is 0 Å². The van der Waals surface area contributed by atoms with Crippen LogP contribution in [-0.2, 0) is 4.79 Å². The van der Waals surface area contributed by atoms with Crippen molar-refractivity contribution < 1.29 is 9.53 Å². The number of rotatable bonds is 6. The zero-order valence-corrected chi connectivity index (χ0v) is 13.9. The summed E-state index contributed by atoms with van der Waals surface area (Å²) in [6.45, 7) is 2.05. The van der Waals surface area contributed by atoms with Gasteiger partial charge in [0.05, 0.1) is 12.8 Å². The number of benzene rings is 1. The van der Waals surface area contributed by atoms with E-state index in [1.54, 1.807) is 11.6 Å². The van der Waals surface area contributed by atoms with E-state index in [1.165, 1.54) is 11.3 Å². The van der Waals surface area contributed by atoms with Crippen LogP contribution in [0.2, 0.25) is 0 Å². The first-order chi connectivity index (χ1) is 11.2. The van der Waals surface area contributed by atoms with Crippen molar-refractivity contribution in [2.75, 3.05) is 12.4 Å². The van der Waals surface area contributed by atoms with E-state index in [2.05, 4.69) is 22.3 Å². The maximum Gasteiger partial charge on any atom is 0.250 e. The molecule has 3 aromatic rings. The third-order valence-electron chi connectivity index (χ3n) is 3.46. The molecule has 0 radical (unpaired) electrons. The lowest BCUT2D eigenvalue weighted by molar-refractivity contribution is -0.116. The van der Waals surface area contributed by atoms with Crippen molar-refractivity contribution in [1.82, 2.24) is 14.6 Å². The van der Waals surface area contributed by atoms with Gasteiger partial charge < -0.3 is 4.74 Å². The molecule has 0 aliphatic carbocycles. The predicted molar refractivity (Wildman–Crippen MR) is 91.0 cm³/mol. The molecule has 0 unspecified atom stereocenters. The number of methoxy groups -OCH3 is 1. The minimum Gasteiger partial charge on any atom is -0.497 e. The van der Waals surface area contributed by atoms with E-state index in [1.807, 2.05) is 29.6 Å². The van der Waals surface area contributed by atoms with Crippen LogP contribution in [0.1, 0.15) is 26.2 Å². The molecule has 6 nitrogen and oxygen atoms in total. The lowest BCUT2D eigenvalue weighted by Crippen LogP contribution is -2.12. The Bertz CT molecular complexity index is 824. The van der Waals surface area contributed by atoms with Crippen LogP contribution in [0.3, 0.4) is 0 Å². The van der Waals surface area contributed by atoms with Crippen LogP contribution >= 0.6 is 11.3 Å². The highest BCUT2D eigenvalue weighted by Crippen LogP contribution is 2.28. The molecule has 1 aromatic carbocycles. The molecule has 0 atom stereocenters. The summed E-state index contributed by atoms with van der Waals surface area (Å²) >= 11 is 1.49. The molecule has 2 heterocycles. The third kappa shape index (κ3) is 3.34. The molecule has 2 aromatic heterocycles. The van der Waals surface area contributed by atoms with Gasteiger partial charge >= 0.3 is 0 Å². The summed E-state index contributed by atoms with van der Waals surface area (Å²) in [6, 6.07) is 7.77. The zero-order valence-electron chi connectivity index (χ0n) is 13.1. The lowest BCUT2D eigenvalue weighted by Gasteiger charge is -2.03. The number of hydrogen-bond donors (Lipinski definition) is 1. The molecular weight excluding hydrogens is 312 g/mol. The molecule has 120 valence electrons. The highest BCUT2D eigenvalue weighted by atomic mass is 32.1. The standard InChI is InChI=1S/C16H18N4O2S/c1-3-4-8-14(21)17-15-18-16-20(19-15)13(10-23-16)11-6-5-7-12(9-11)22-2/h5-7,9-10H,3-4,8H2,1-2H3,(H,17,19,21). The molecule has 0 fully saturated rings. The average Bonchev–Trinajstić information content (AvgIpc) is 3.12. The fraction of sp³-hybridized carbons (Fsp3) is 0.312. The molecular formula is C16H18N4O2S. The topological polar surface area (TPSA) is 68.5 Å². The number of amides is 1. The van der Waals surface area contributed by atoms with E-state index in [0.717, 1.165) is 34.8 Å². The van der Waals surface area contributed by atoms with E-state index >= 15 is 0 Å². The van der Waals surface area contributed by atoms with Crippen molar-refractivity contribution in [2.45, 2.75) is 26.2 Å². The van der Waals surface area contributed by atoms with Crippen molar-refractivity contribution in [2.24, 2.45) is 0 Å². The summed E-state index contributed by atoms with van der Waals surface area (Å²) in [5, 5.41) is 9.14. The number of ether oxygens (including phenoxy) is 1. The minimum atomic E-state index is -0.0481. The number of anilines is 1. The van der Waals surface area contributed by atoms with Gasteiger partial charge in [-0.3, -0.25) is 10.1 Å². The molecule has 0 saturated heterocycles. The number of unbranched alkanes of at least 4 members (excludes halogenated alkanes) is 1. The van der Waals surface area contributed by atoms with Crippen molar-refractivity contribution in [1.29, 1.82) is 0 Å². The molecule has 0 aliphatic rings. The van der Waals surface area contributed by atoms with Crippen LogP contribution in [0.5, 0.6) is 5.75 Å². The van der Waals surface area contributed by atoms with Gasteiger partial charge in [0.25, 0.3) is 0 Å². The summed E-state index contributed by atoms with van der Waals surface area (Å²) in [5.41, 5.74) is 1.91. The Labute approximate surface area is 138 Å². The Kier molecular flexibility index (Phi) is 4.57. The highest BCUT2D eigenvalue weighted by Gasteiger charge is 2.13. The van der Waals surface area contributed by atoms with Crippen LogP contribution in [0.4, 0.5) is 5.95 Å². The fourth-order valence-electron chi connectivity index (χ4n) is 2.24. The summed E-state index contributed by atoms with van der Waals surface area (Å²) in [4.78, 5) is 16.9. The Morgan fingerprint density at radius 3 is 3.09 bits per heavy atom. The molecule has 7 heteroatoms. The van der Waals surface area contributed by atoms with Gasteiger partial charge in [0, 0.05) is 17.4 Å². The van der Waals surface area contributed by atoms with Crippen molar-refractivity contribution >= 4 is 28.2 Å². The average molecular weight is 330 g/mol. The molecule has 23 heavy (non-hydrogen) atoms. The normalized spacial score (nSPS) is 10.9. The minimum absolute atomic E-state index is 0.0481. The Hall–Kier alpha value is -2.41. The van der Waals surface area contributed by atoms with E-state index in [-0.39, 0.29) is 5.91 Å². The van der Waals surface area contributed by atoms with Gasteiger partial charge in [0.1, 0.15) is 5.75 Å². The number of carbonyl (C=O) groups is 1. The number of thiazole rings is 1. The smallest absolute Gasteiger partial charge is 0.250 e. The Morgan fingerprint density at radius 1 is 1.43 bits per heavy atom. The maximum absolute atomic E-state index is 11.8. The number of hydrogen-bond acceptors (Lipinski definition) is 5. The predicted octanol–water partition coefficient (Wildman–Crippen LogP) is 3.60. The van der Waals surface area contributed by atoms with Crippen LogP contribution < -0.4 is 10.1 Å². The van der Waals surface area contributed by atoms with Crippen molar-refractivity contribution in [3.05, 3.63) is 29.6 Å². The van der Waals surface area contributed by atoms with Crippen LogP contribution in [0.25, 0.3) is 16.2 Å². The first-order valence-corrected chi connectivity index (χ1v) is 8.37. The van der Waals surface area contributed by atoms with Crippen LogP contribution in [0.15, 0.2) is 29.6 Å². The summed E-state index contributed by atoms with van der Waals surface area (Å²) in [5.74, 6) is 1.09. The molecule has 3 rings (SSSR count). The highest BCUT2D eigenvalue weighted by molar-refractivity contribution is 7.15. The van der Waals surface area contributed by atoms with Gasteiger partial charge in [-0.25, -0.2) is 4.52 Å². The molecule has 1 N–H and O–H groups in total. The second kappa shape index (κ2) is 6.78. The fourth-order valence-corrected chi connectivity index (χ4v) is 3.07. The lowest BCUT2D eigenvalue weighted by atomic mass is 10.2. The van der Waals surface area contributed by atoms with E-state index in [9.17, 15) is 4.79 Å². The van der Waals surface area contributed by atoms with Crippen LogP contribution in [0, 0.1) is 0 Å². The molecule has 0 bridgehead atoms. The summed E-state index contributed by atoms with van der Waals surface area (Å²) in [7, 11) is 1.64. The number of nitrogens with zero attached hydrogens (tertiary/aromatic N) is 3. The number of fused-ring (bicyclic) bond motifs is 1. The molecule has 0 spiro atoms. The number of nitrogens with one attached hydrogen (secondary N) is 1. The number of aromatic nitrogens is 3. The quantitative estimate of drug-likeness (QED) is 0.750. The van der Waals surface area contributed by atoms with Gasteiger partial charge in [-0.1, -0.05) is 25.5 Å². The Morgan fingerprint density at radius 2 is 2.30 bits per heavy atom. The summed E-state index contributed by atoms with van der Waals surface area (Å²) < 4.78 is 7.01. The van der Waals surface area contributed by atoms with Gasteiger partial charge in [-0.2, -0.15) is 4.98 Å². The largest absolute Gasteiger partial charge is 0.497 e. The van der Waals surface area contributed by atoms with Gasteiger partial charge in [0.2, 0.25) is 16.8 Å². The molecule has 0 aliphatic heterocycles. The SMILES string of the molecule is CCCCC(=O)Nc1nc2scc(-c3cccc(OC)c3)n2n1. The molecule has 1 amide bonds. The van der Waals surface area contributed by atoms with E-state index in [4.69, 9.17) is 4.74 Å². The van der Waals surface area contributed by atoms with Gasteiger partial charge in [-0.15, -0.1) is 16.4 Å². The maximum atomic E-state index is 11.8. The summed E-state index contributed by atoms with van der Waals surface area (Å²) in [6.07, 6.45) is 2.34. The Balaban J connectivity index is 1.87. The first-order valence-electron chi connectivity index (χ1n) is 7.50. The molecule has 0 saturated carbocycles. The van der Waals surface area contributed by atoms with E-state index in [0.29, 0.717) is 12.4 Å². The first kappa shape index (κ1) is 15.5. The van der Waals surface area contributed by atoms with Gasteiger partial charge in [-0.05, 0) is 18.6 Å². The van der Waals surface area contributed by atoms with Gasteiger partial charge in [0.15, 0.2) is 0 Å². The van der Waals surface area contributed by atoms with Crippen LogP contribution in [-0.4, -0.2) is 27.6 Å². The second-order valence-electron chi connectivity index (χ2n) is 5.13. The van der Waals surface area contributed by atoms with Crippen molar-refractivity contribution in [3.63, 3.8) is 0 Å². The zero-order chi connectivity index (χ0) is 16.2. The van der Waals surface area contributed by atoms with Crippen molar-refractivity contribution in [3.8, 4) is 17.0 Å².